The maximum absolute atomic E-state index is 11.5. The van der Waals surface area contributed by atoms with E-state index in [4.69, 9.17) is 4.74 Å². The molecule has 1 aliphatic rings. The lowest BCUT2D eigenvalue weighted by Crippen LogP contribution is -2.66. The fourth-order valence-electron chi connectivity index (χ4n) is 1.33. The summed E-state index contributed by atoms with van der Waals surface area (Å²) in [5.74, 6) is 0. The van der Waals surface area contributed by atoms with Crippen molar-refractivity contribution in [3.8, 4) is 0 Å². The van der Waals surface area contributed by atoms with Gasteiger partial charge < -0.3 is 15.6 Å². The number of hydrogen-bond acceptors (Lipinski definition) is 3. The molecule has 5 nitrogen and oxygen atoms in total. The van der Waals surface area contributed by atoms with Gasteiger partial charge >= 0.3 is 6.09 Å². The summed E-state index contributed by atoms with van der Waals surface area (Å²) < 4.78 is 5.17. The Kier molecular flexibility index (Phi) is 3.01. The molecule has 5 heteroatoms. The lowest BCUT2D eigenvalue weighted by Gasteiger charge is -2.23. The van der Waals surface area contributed by atoms with Gasteiger partial charge in [0.2, 0.25) is 0 Å². The first-order valence-electron chi connectivity index (χ1n) is 4.78. The quantitative estimate of drug-likeness (QED) is 0.541. The predicted molar refractivity (Wildman–Crippen MR) is 50.5 cm³/mol. The van der Waals surface area contributed by atoms with Crippen molar-refractivity contribution >= 4 is 6.09 Å². The zero-order valence-corrected chi connectivity index (χ0v) is 8.99. The summed E-state index contributed by atoms with van der Waals surface area (Å²) in [5, 5.41) is 9.40. The van der Waals surface area contributed by atoms with E-state index in [1.54, 1.807) is 0 Å². The molecule has 4 N–H and O–H groups in total. The molecule has 0 unspecified atom stereocenters. The van der Waals surface area contributed by atoms with Gasteiger partial charge in [-0.1, -0.05) is 0 Å². The molecule has 82 valence electrons. The number of nitrogens with zero attached hydrogens (tertiary/aromatic N) is 1. The second kappa shape index (κ2) is 3.74. The number of amides is 1. The first-order chi connectivity index (χ1) is 6.29. The number of rotatable bonds is 0. The summed E-state index contributed by atoms with van der Waals surface area (Å²) >= 11 is 0. The van der Waals surface area contributed by atoms with Crippen molar-refractivity contribution in [1.29, 1.82) is 0 Å². The van der Waals surface area contributed by atoms with Crippen LogP contribution in [0.1, 0.15) is 20.8 Å². The van der Waals surface area contributed by atoms with Crippen molar-refractivity contribution in [2.24, 2.45) is 0 Å². The summed E-state index contributed by atoms with van der Waals surface area (Å²) in [4.78, 5) is 13.0. The Morgan fingerprint density at radius 2 is 2.07 bits per heavy atom. The number of carbonyl (C=O) groups is 1. The Balaban J connectivity index is 2.48. The largest absolute Gasteiger partial charge is 0.444 e. The van der Waals surface area contributed by atoms with Crippen LogP contribution < -0.4 is 5.73 Å². The SMILES string of the molecule is CC(C)(C)OC(=O)N1C[C@H]([NH3+])[C@@H](O)C1. The minimum atomic E-state index is -0.525. The molecular formula is C9H19N2O3+. The van der Waals surface area contributed by atoms with Gasteiger partial charge in [0.25, 0.3) is 0 Å². The van der Waals surface area contributed by atoms with Crippen LogP contribution in [0.2, 0.25) is 0 Å². The van der Waals surface area contributed by atoms with Crippen LogP contribution in [0, 0.1) is 0 Å². The van der Waals surface area contributed by atoms with E-state index < -0.39 is 11.7 Å². The van der Waals surface area contributed by atoms with Crippen LogP contribution in [0.5, 0.6) is 0 Å². The minimum Gasteiger partial charge on any atom is -0.444 e. The minimum absolute atomic E-state index is 0.109. The van der Waals surface area contributed by atoms with Crippen molar-refractivity contribution in [2.45, 2.75) is 38.5 Å². The average molecular weight is 203 g/mol. The van der Waals surface area contributed by atoms with Gasteiger partial charge in [-0.25, -0.2) is 4.79 Å². The highest BCUT2D eigenvalue weighted by Crippen LogP contribution is 2.13. The molecule has 2 atom stereocenters. The number of aliphatic hydroxyl groups is 1. The second-order valence-electron chi connectivity index (χ2n) is 4.71. The zero-order valence-electron chi connectivity index (χ0n) is 8.99. The van der Waals surface area contributed by atoms with Gasteiger partial charge in [0, 0.05) is 0 Å². The smallest absolute Gasteiger partial charge is 0.410 e. The van der Waals surface area contributed by atoms with Crippen LogP contribution in [-0.2, 0) is 4.74 Å². The fourth-order valence-corrected chi connectivity index (χ4v) is 1.33. The molecule has 0 saturated carbocycles. The van der Waals surface area contributed by atoms with Gasteiger partial charge in [-0.2, -0.15) is 0 Å². The molecule has 14 heavy (non-hydrogen) atoms. The topological polar surface area (TPSA) is 77.4 Å². The molecule has 0 aromatic rings. The van der Waals surface area contributed by atoms with Crippen LogP contribution in [0.25, 0.3) is 0 Å². The molecule has 0 bridgehead atoms. The van der Waals surface area contributed by atoms with Gasteiger partial charge in [0.1, 0.15) is 17.7 Å². The number of hydrogen-bond donors (Lipinski definition) is 2. The maximum atomic E-state index is 11.5. The molecule has 0 radical (unpaired) electrons. The lowest BCUT2D eigenvalue weighted by molar-refractivity contribution is -0.428. The highest BCUT2D eigenvalue weighted by atomic mass is 16.6. The van der Waals surface area contributed by atoms with Crippen LogP contribution in [0.15, 0.2) is 0 Å². The van der Waals surface area contributed by atoms with Crippen LogP contribution in [-0.4, -0.2) is 46.9 Å². The predicted octanol–water partition coefficient (Wildman–Crippen LogP) is -0.791. The summed E-state index contributed by atoms with van der Waals surface area (Å²) in [5.41, 5.74) is 3.26. The number of ether oxygens (including phenoxy) is 1. The highest BCUT2D eigenvalue weighted by Gasteiger charge is 2.36. The first-order valence-corrected chi connectivity index (χ1v) is 4.78. The van der Waals surface area contributed by atoms with Crippen molar-refractivity contribution in [3.05, 3.63) is 0 Å². The second-order valence-corrected chi connectivity index (χ2v) is 4.71. The van der Waals surface area contributed by atoms with Gasteiger partial charge in [0.05, 0.1) is 13.1 Å². The van der Waals surface area contributed by atoms with E-state index in [1.165, 1.54) is 4.90 Å². The monoisotopic (exact) mass is 203 g/mol. The third-order valence-corrected chi connectivity index (χ3v) is 2.06. The number of β-amino-alcohol motifs (C(OH)–C–C–N with tert-alkyl or cyclic N) is 1. The molecule has 1 aliphatic heterocycles. The van der Waals surface area contributed by atoms with Crippen molar-refractivity contribution in [3.63, 3.8) is 0 Å². The van der Waals surface area contributed by atoms with Gasteiger partial charge in [0.15, 0.2) is 0 Å². The molecule has 1 amide bonds. The first kappa shape index (κ1) is 11.3. The summed E-state index contributed by atoms with van der Waals surface area (Å²) in [7, 11) is 0. The van der Waals surface area contributed by atoms with Crippen molar-refractivity contribution in [1.82, 2.24) is 4.90 Å². The number of carbonyl (C=O) groups excluding carboxylic acids is 1. The maximum Gasteiger partial charge on any atom is 0.410 e. The van der Waals surface area contributed by atoms with E-state index >= 15 is 0 Å². The molecule has 1 heterocycles. The van der Waals surface area contributed by atoms with Gasteiger partial charge in [-0.3, -0.25) is 4.90 Å². The third-order valence-electron chi connectivity index (χ3n) is 2.06. The Bertz CT molecular complexity index is 215. The Morgan fingerprint density at radius 3 is 2.43 bits per heavy atom. The zero-order chi connectivity index (χ0) is 10.9. The highest BCUT2D eigenvalue weighted by molar-refractivity contribution is 5.68. The summed E-state index contributed by atoms with van der Waals surface area (Å²) in [6.45, 7) is 6.25. The molecule has 0 aromatic heterocycles. The van der Waals surface area contributed by atoms with E-state index in [2.05, 4.69) is 5.73 Å². The number of likely N-dealkylation sites (tertiary alicyclic amines) is 1. The normalized spacial score (nSPS) is 27.9. The molecule has 0 spiro atoms. The standard InChI is InChI=1S/C9H18N2O3/c1-9(2,3)14-8(13)11-4-6(10)7(12)5-11/h6-7,12H,4-5,10H2,1-3H3/p+1/t6-,7-/m0/s1. The molecule has 1 fully saturated rings. The van der Waals surface area contributed by atoms with Crippen molar-refractivity contribution < 1.29 is 20.4 Å². The fraction of sp³-hybridized carbons (Fsp3) is 0.889. The van der Waals surface area contributed by atoms with E-state index in [0.29, 0.717) is 13.1 Å². The Morgan fingerprint density at radius 1 is 1.50 bits per heavy atom. The Hall–Kier alpha value is -0.810. The number of quaternary nitrogens is 1. The molecule has 1 saturated heterocycles. The molecule has 1 rings (SSSR count). The van der Waals surface area contributed by atoms with Crippen LogP contribution in [0.3, 0.4) is 0 Å². The third kappa shape index (κ3) is 2.85. The Labute approximate surface area is 83.8 Å². The molecule has 0 aromatic carbocycles. The number of aliphatic hydroxyl groups excluding tert-OH is 1. The van der Waals surface area contributed by atoms with Gasteiger partial charge in [-0.05, 0) is 20.8 Å². The summed E-state index contributed by atoms with van der Waals surface area (Å²) in [6, 6.07) is -0.109. The van der Waals surface area contributed by atoms with E-state index in [0.717, 1.165) is 0 Å². The van der Waals surface area contributed by atoms with Crippen molar-refractivity contribution in [2.75, 3.05) is 13.1 Å². The molecular weight excluding hydrogens is 184 g/mol. The van der Waals surface area contributed by atoms with Crippen LogP contribution >= 0.6 is 0 Å². The van der Waals surface area contributed by atoms with E-state index in [9.17, 15) is 9.90 Å². The summed E-state index contributed by atoms with van der Waals surface area (Å²) in [6.07, 6.45) is -0.898. The van der Waals surface area contributed by atoms with Gasteiger partial charge in [-0.15, -0.1) is 0 Å². The van der Waals surface area contributed by atoms with E-state index in [1.807, 2.05) is 20.8 Å². The van der Waals surface area contributed by atoms with Crippen LogP contribution in [0.4, 0.5) is 4.79 Å². The average Bonchev–Trinajstić information content (AvgIpc) is 2.28. The molecule has 0 aliphatic carbocycles. The van der Waals surface area contributed by atoms with E-state index in [-0.39, 0.29) is 12.1 Å². The lowest BCUT2D eigenvalue weighted by atomic mass is 10.2.